The predicted octanol–water partition coefficient (Wildman–Crippen LogP) is 4.69. The van der Waals surface area contributed by atoms with Crippen LogP contribution in [-0.2, 0) is 5.88 Å². The van der Waals surface area contributed by atoms with Gasteiger partial charge in [0.05, 0.1) is 5.88 Å². The number of aromatic nitrogens is 3. The number of hydrogen-bond acceptors (Lipinski definition) is 2. The van der Waals surface area contributed by atoms with Crippen LogP contribution in [0.5, 0.6) is 0 Å². The van der Waals surface area contributed by atoms with Crippen molar-refractivity contribution in [1.82, 2.24) is 14.8 Å². The largest absolute Gasteiger partial charge is 0.282 e. The molecule has 3 nitrogen and oxygen atoms in total. The summed E-state index contributed by atoms with van der Waals surface area (Å²) in [5, 5.41) is 8.68. The van der Waals surface area contributed by atoms with Crippen LogP contribution in [0.2, 0.25) is 0 Å². The third-order valence-corrected chi connectivity index (χ3v) is 3.89. The van der Waals surface area contributed by atoms with Crippen LogP contribution in [0.3, 0.4) is 0 Å². The van der Waals surface area contributed by atoms with Crippen LogP contribution in [0.25, 0.3) is 5.69 Å². The monoisotopic (exact) mass is 291 g/mol. The Morgan fingerprint density at radius 1 is 1.15 bits per heavy atom. The van der Waals surface area contributed by atoms with Crippen LogP contribution in [0.15, 0.2) is 30.3 Å². The van der Waals surface area contributed by atoms with E-state index >= 15 is 0 Å². The first-order valence-corrected chi connectivity index (χ1v) is 7.90. The number of halogens is 1. The van der Waals surface area contributed by atoms with E-state index in [0.717, 1.165) is 30.2 Å². The van der Waals surface area contributed by atoms with Crippen LogP contribution in [-0.4, -0.2) is 14.8 Å². The summed E-state index contributed by atoms with van der Waals surface area (Å²) < 4.78 is 2.12. The topological polar surface area (TPSA) is 30.7 Å². The normalized spacial score (nSPS) is 12.6. The molecule has 2 aromatic rings. The van der Waals surface area contributed by atoms with E-state index in [1.54, 1.807) is 0 Å². The van der Waals surface area contributed by atoms with E-state index in [2.05, 4.69) is 40.7 Å². The van der Waals surface area contributed by atoms with Crippen molar-refractivity contribution in [3.8, 4) is 5.69 Å². The summed E-state index contributed by atoms with van der Waals surface area (Å²) in [7, 11) is 0. The number of nitrogens with zero attached hydrogens (tertiary/aromatic N) is 3. The Kier molecular flexibility index (Phi) is 5.60. The molecule has 1 unspecified atom stereocenters. The first-order valence-electron chi connectivity index (χ1n) is 7.37. The minimum Gasteiger partial charge on any atom is -0.282 e. The molecule has 1 atom stereocenters. The van der Waals surface area contributed by atoms with Gasteiger partial charge in [-0.15, -0.1) is 21.8 Å². The van der Waals surface area contributed by atoms with Crippen LogP contribution >= 0.6 is 11.6 Å². The number of rotatable bonds is 7. The quantitative estimate of drug-likeness (QED) is 0.693. The van der Waals surface area contributed by atoms with E-state index in [4.69, 9.17) is 11.6 Å². The van der Waals surface area contributed by atoms with Crippen LogP contribution in [0, 0.1) is 0 Å². The number of para-hydroxylation sites is 1. The summed E-state index contributed by atoms with van der Waals surface area (Å²) in [6.07, 6.45) is 4.65. The van der Waals surface area contributed by atoms with E-state index in [1.807, 2.05) is 18.2 Å². The van der Waals surface area contributed by atoms with E-state index in [1.165, 1.54) is 12.8 Å². The number of alkyl halides is 1. The summed E-state index contributed by atoms with van der Waals surface area (Å²) in [4.78, 5) is 0. The summed E-state index contributed by atoms with van der Waals surface area (Å²) in [6, 6.07) is 10.2. The molecule has 108 valence electrons. The lowest BCUT2D eigenvalue weighted by Crippen LogP contribution is -2.09. The van der Waals surface area contributed by atoms with Crippen molar-refractivity contribution in [2.75, 3.05) is 0 Å². The Morgan fingerprint density at radius 3 is 2.50 bits per heavy atom. The summed E-state index contributed by atoms with van der Waals surface area (Å²) >= 11 is 6.02. The second-order valence-corrected chi connectivity index (χ2v) is 5.29. The molecule has 0 spiro atoms. The molecule has 0 saturated carbocycles. The maximum atomic E-state index is 6.02. The van der Waals surface area contributed by atoms with E-state index in [9.17, 15) is 0 Å². The molecule has 0 aliphatic carbocycles. The van der Waals surface area contributed by atoms with Gasteiger partial charge in [-0.05, 0) is 25.0 Å². The number of hydrogen-bond donors (Lipinski definition) is 0. The van der Waals surface area contributed by atoms with Crippen LogP contribution in [0.4, 0.5) is 0 Å². The molecule has 0 fully saturated rings. The van der Waals surface area contributed by atoms with Gasteiger partial charge in [-0.3, -0.25) is 4.57 Å². The molecule has 0 aliphatic rings. The van der Waals surface area contributed by atoms with E-state index < -0.39 is 0 Å². The lowest BCUT2D eigenvalue weighted by molar-refractivity contribution is 0.534. The minimum absolute atomic E-state index is 0.381. The first kappa shape index (κ1) is 15.0. The molecule has 0 aliphatic heterocycles. The van der Waals surface area contributed by atoms with E-state index in [-0.39, 0.29) is 0 Å². The third kappa shape index (κ3) is 3.21. The molecule has 20 heavy (non-hydrogen) atoms. The van der Waals surface area contributed by atoms with Gasteiger partial charge in [-0.1, -0.05) is 44.9 Å². The summed E-state index contributed by atoms with van der Waals surface area (Å²) in [5.74, 6) is 2.69. The highest BCUT2D eigenvalue weighted by molar-refractivity contribution is 6.16. The van der Waals surface area contributed by atoms with Gasteiger partial charge in [0.15, 0.2) is 5.82 Å². The Morgan fingerprint density at radius 2 is 1.90 bits per heavy atom. The molecular formula is C16H22ClN3. The van der Waals surface area contributed by atoms with Crippen molar-refractivity contribution in [3.63, 3.8) is 0 Å². The van der Waals surface area contributed by atoms with Crippen molar-refractivity contribution >= 4 is 11.6 Å². The second kappa shape index (κ2) is 7.44. The maximum absolute atomic E-state index is 6.02. The van der Waals surface area contributed by atoms with Gasteiger partial charge in [0.2, 0.25) is 0 Å². The SMILES string of the molecule is CCCCC(CC)c1nnc(CCl)n1-c1ccccc1. The highest BCUT2D eigenvalue weighted by Gasteiger charge is 2.20. The fraction of sp³-hybridized carbons (Fsp3) is 0.500. The predicted molar refractivity (Wildman–Crippen MR) is 83.5 cm³/mol. The Hall–Kier alpha value is -1.35. The standard InChI is InChI=1S/C16H22ClN3/c1-3-5-9-13(4-2)16-19-18-15(12-17)20(16)14-10-7-6-8-11-14/h6-8,10-11,13H,3-5,9,12H2,1-2H3. The maximum Gasteiger partial charge on any atom is 0.152 e. The van der Waals surface area contributed by atoms with Gasteiger partial charge in [0.25, 0.3) is 0 Å². The molecule has 0 saturated heterocycles. The second-order valence-electron chi connectivity index (χ2n) is 5.03. The summed E-state index contributed by atoms with van der Waals surface area (Å²) in [6.45, 7) is 4.43. The highest BCUT2D eigenvalue weighted by atomic mass is 35.5. The van der Waals surface area contributed by atoms with Crippen molar-refractivity contribution in [2.24, 2.45) is 0 Å². The lowest BCUT2D eigenvalue weighted by Gasteiger charge is -2.16. The molecule has 2 rings (SSSR count). The van der Waals surface area contributed by atoms with Crippen molar-refractivity contribution in [3.05, 3.63) is 42.0 Å². The zero-order valence-electron chi connectivity index (χ0n) is 12.2. The van der Waals surface area contributed by atoms with Crippen LogP contribution < -0.4 is 0 Å². The molecular weight excluding hydrogens is 270 g/mol. The van der Waals surface area contributed by atoms with Gasteiger partial charge < -0.3 is 0 Å². The third-order valence-electron chi connectivity index (χ3n) is 3.65. The zero-order valence-corrected chi connectivity index (χ0v) is 13.0. The summed E-state index contributed by atoms with van der Waals surface area (Å²) in [5.41, 5.74) is 1.10. The molecule has 1 aromatic heterocycles. The molecule has 0 N–H and O–H groups in total. The van der Waals surface area contributed by atoms with E-state index in [0.29, 0.717) is 11.8 Å². The molecule has 1 aromatic carbocycles. The highest BCUT2D eigenvalue weighted by Crippen LogP contribution is 2.27. The molecule has 4 heteroatoms. The number of benzene rings is 1. The first-order chi connectivity index (χ1) is 9.81. The molecule has 0 bridgehead atoms. The average molecular weight is 292 g/mol. The van der Waals surface area contributed by atoms with Crippen molar-refractivity contribution < 1.29 is 0 Å². The molecule has 0 radical (unpaired) electrons. The minimum atomic E-state index is 0.381. The fourth-order valence-corrected chi connectivity index (χ4v) is 2.68. The molecule has 1 heterocycles. The smallest absolute Gasteiger partial charge is 0.152 e. The van der Waals surface area contributed by atoms with Crippen molar-refractivity contribution in [2.45, 2.75) is 51.3 Å². The average Bonchev–Trinajstić information content (AvgIpc) is 2.93. The van der Waals surface area contributed by atoms with Gasteiger partial charge in [0.1, 0.15) is 5.82 Å². The molecule has 0 amide bonds. The van der Waals surface area contributed by atoms with Crippen LogP contribution in [0.1, 0.15) is 57.1 Å². The lowest BCUT2D eigenvalue weighted by atomic mass is 9.98. The van der Waals surface area contributed by atoms with Crippen molar-refractivity contribution in [1.29, 1.82) is 0 Å². The fourth-order valence-electron chi connectivity index (χ4n) is 2.51. The van der Waals surface area contributed by atoms with Gasteiger partial charge >= 0.3 is 0 Å². The van der Waals surface area contributed by atoms with Gasteiger partial charge in [-0.25, -0.2) is 0 Å². The van der Waals surface area contributed by atoms with Gasteiger partial charge in [-0.2, -0.15) is 0 Å². The number of unbranched alkanes of at least 4 members (excludes halogenated alkanes) is 1. The zero-order chi connectivity index (χ0) is 14.4. The van der Waals surface area contributed by atoms with Gasteiger partial charge in [0, 0.05) is 11.6 Å². The Bertz CT molecular complexity index is 522. The Labute approximate surface area is 126 Å². The Balaban J connectivity index is 2.41.